The Labute approximate surface area is 188 Å². The van der Waals surface area contributed by atoms with Crippen LogP contribution in [0.25, 0.3) is 11.0 Å². The van der Waals surface area contributed by atoms with Crippen LogP contribution >= 0.6 is 0 Å². The van der Waals surface area contributed by atoms with Gasteiger partial charge in [-0.25, -0.2) is 9.37 Å². The summed E-state index contributed by atoms with van der Waals surface area (Å²) in [6, 6.07) is 16.5. The summed E-state index contributed by atoms with van der Waals surface area (Å²) in [4.78, 5) is 32.6. The van der Waals surface area contributed by atoms with E-state index >= 15 is 0 Å². The van der Waals surface area contributed by atoms with Gasteiger partial charge >= 0.3 is 0 Å². The molecule has 0 saturated carbocycles. The van der Waals surface area contributed by atoms with Gasteiger partial charge in [0.25, 0.3) is 11.8 Å². The fraction of sp³-hybridized carbons (Fsp3) is 0.125. The third kappa shape index (κ3) is 4.83. The van der Waals surface area contributed by atoms with Gasteiger partial charge in [-0.05, 0) is 48.4 Å². The van der Waals surface area contributed by atoms with Crippen molar-refractivity contribution in [3.05, 3.63) is 89.2 Å². The summed E-state index contributed by atoms with van der Waals surface area (Å²) in [5, 5.41) is 16.1. The van der Waals surface area contributed by atoms with Gasteiger partial charge in [-0.2, -0.15) is 0 Å². The van der Waals surface area contributed by atoms with Gasteiger partial charge in [0.15, 0.2) is 12.1 Å². The number of benzene rings is 3. The van der Waals surface area contributed by atoms with Gasteiger partial charge in [-0.1, -0.05) is 36.4 Å². The molecule has 0 aliphatic carbocycles. The number of nitrogens with one attached hydrogen (secondary N) is 3. The number of fused-ring (bicyclic) bond motifs is 1. The van der Waals surface area contributed by atoms with Crippen molar-refractivity contribution >= 4 is 34.5 Å². The fourth-order valence-electron chi connectivity index (χ4n) is 3.44. The van der Waals surface area contributed by atoms with E-state index in [2.05, 4.69) is 20.6 Å². The minimum Gasteiger partial charge on any atom is -0.381 e. The second-order valence-corrected chi connectivity index (χ2v) is 7.61. The van der Waals surface area contributed by atoms with E-state index in [1.165, 1.54) is 12.1 Å². The summed E-state index contributed by atoms with van der Waals surface area (Å²) < 4.78 is 13.9. The average Bonchev–Trinajstić information content (AvgIpc) is 3.18. The number of imidazole rings is 1. The number of aliphatic hydroxyl groups excluding tert-OH is 1. The Bertz CT molecular complexity index is 1320. The van der Waals surface area contributed by atoms with Crippen LogP contribution in [0.5, 0.6) is 0 Å². The maximum absolute atomic E-state index is 13.9. The monoisotopic (exact) mass is 447 g/mol. The van der Waals surface area contributed by atoms with Crippen molar-refractivity contribution in [1.82, 2.24) is 15.3 Å². The van der Waals surface area contributed by atoms with E-state index in [-0.39, 0.29) is 11.5 Å². The Morgan fingerprint density at radius 3 is 2.58 bits per heavy atom. The van der Waals surface area contributed by atoms with Crippen LogP contribution in [-0.2, 0) is 4.79 Å². The van der Waals surface area contributed by atoms with E-state index in [9.17, 15) is 19.1 Å². The molecule has 4 rings (SSSR count). The molecule has 1 heterocycles. The molecule has 0 aliphatic heterocycles. The van der Waals surface area contributed by atoms with Gasteiger partial charge in [0, 0.05) is 11.3 Å². The summed E-state index contributed by atoms with van der Waals surface area (Å²) in [5.74, 6) is -1.63. The number of anilines is 2. The number of nitrogens with zero attached hydrogens (tertiary/aromatic N) is 1. The van der Waals surface area contributed by atoms with E-state index < -0.39 is 29.8 Å². The number of carbonyl (C=O) groups is 2. The molecule has 2 amide bonds. The highest BCUT2D eigenvalue weighted by atomic mass is 19.1. The maximum Gasteiger partial charge on any atom is 0.255 e. The second-order valence-electron chi connectivity index (χ2n) is 7.61. The Balaban J connectivity index is 1.57. The molecule has 0 spiro atoms. The molecule has 8 nitrogen and oxygen atoms in total. The summed E-state index contributed by atoms with van der Waals surface area (Å²) in [7, 11) is 0. The van der Waals surface area contributed by atoms with Crippen molar-refractivity contribution in [2.45, 2.75) is 19.1 Å². The number of hydrogen-bond acceptors (Lipinski definition) is 5. The third-order valence-electron chi connectivity index (χ3n) is 5.23. The van der Waals surface area contributed by atoms with Crippen LogP contribution in [0.2, 0.25) is 0 Å². The Morgan fingerprint density at radius 1 is 1.09 bits per heavy atom. The molecule has 0 radical (unpaired) electrons. The van der Waals surface area contributed by atoms with Crippen molar-refractivity contribution < 1.29 is 19.1 Å². The lowest BCUT2D eigenvalue weighted by Crippen LogP contribution is -2.42. The van der Waals surface area contributed by atoms with Gasteiger partial charge < -0.3 is 26.5 Å². The molecule has 3 aromatic carbocycles. The third-order valence-corrected chi connectivity index (χ3v) is 5.23. The highest BCUT2D eigenvalue weighted by Crippen LogP contribution is 2.22. The lowest BCUT2D eigenvalue weighted by Gasteiger charge is -2.24. The number of hydrogen-bond donors (Lipinski definition) is 5. The first-order valence-corrected chi connectivity index (χ1v) is 10.2. The van der Waals surface area contributed by atoms with Crippen LogP contribution in [0, 0.1) is 12.7 Å². The Hall–Kier alpha value is -4.24. The number of aromatic nitrogens is 2. The highest BCUT2D eigenvalue weighted by Gasteiger charge is 2.29. The van der Waals surface area contributed by atoms with Gasteiger partial charge in [-0.15, -0.1) is 0 Å². The molecule has 0 saturated heterocycles. The molecule has 9 heteroatoms. The Kier molecular flexibility index (Phi) is 6.05. The highest BCUT2D eigenvalue weighted by molar-refractivity contribution is 5.98. The van der Waals surface area contributed by atoms with Crippen LogP contribution in [-0.4, -0.2) is 33.0 Å². The lowest BCUT2D eigenvalue weighted by atomic mass is 9.99. The zero-order chi connectivity index (χ0) is 23.5. The molecule has 2 atom stereocenters. The zero-order valence-electron chi connectivity index (χ0n) is 17.7. The molecule has 0 aliphatic rings. The summed E-state index contributed by atoms with van der Waals surface area (Å²) in [6.07, 6.45) is -1.63. The van der Waals surface area contributed by atoms with Crippen molar-refractivity contribution in [3.8, 4) is 0 Å². The van der Waals surface area contributed by atoms with E-state index in [1.807, 2.05) is 0 Å². The number of aliphatic hydroxyl groups is 1. The second kappa shape index (κ2) is 9.09. The number of halogens is 1. The van der Waals surface area contributed by atoms with Gasteiger partial charge in [0.1, 0.15) is 5.82 Å². The van der Waals surface area contributed by atoms with Crippen molar-refractivity contribution in [3.63, 3.8) is 0 Å². The van der Waals surface area contributed by atoms with E-state index in [0.29, 0.717) is 27.8 Å². The van der Waals surface area contributed by atoms with Crippen LogP contribution in [0.4, 0.5) is 16.0 Å². The normalized spacial score (nSPS) is 12.8. The maximum atomic E-state index is 13.9. The first-order chi connectivity index (χ1) is 15.8. The average molecular weight is 447 g/mol. The minimum atomic E-state index is -1.63. The van der Waals surface area contributed by atoms with Gasteiger partial charge in [-0.3, -0.25) is 9.59 Å². The SMILES string of the molecule is Cc1ccc(C(=O)NC(c2ccccc2)C(O)C(=O)Nc2ccc3nc(N)[nH]c3c2)cc1F. The minimum absolute atomic E-state index is 0.0777. The molecule has 168 valence electrons. The number of rotatable bonds is 6. The first kappa shape index (κ1) is 22.0. The number of amides is 2. The number of nitrogens with two attached hydrogens (primary N) is 1. The predicted octanol–water partition coefficient (Wildman–Crippen LogP) is 3.06. The Morgan fingerprint density at radius 2 is 1.85 bits per heavy atom. The molecule has 0 fully saturated rings. The van der Waals surface area contributed by atoms with Gasteiger partial charge in [0.05, 0.1) is 17.1 Å². The van der Waals surface area contributed by atoms with Crippen molar-refractivity contribution in [1.29, 1.82) is 0 Å². The summed E-state index contributed by atoms with van der Waals surface area (Å²) in [6.45, 7) is 1.59. The summed E-state index contributed by atoms with van der Waals surface area (Å²) in [5.41, 5.74) is 8.30. The standard InChI is InChI=1S/C24H22FN5O3/c1-13-7-8-15(11-17(13)25)22(32)30-20(14-5-3-2-4-6-14)21(31)23(33)27-16-9-10-18-19(12-16)29-24(26)28-18/h2-12,20-21,31H,1H3,(H,27,33)(H,30,32)(H3,26,28,29). The number of H-pyrrole nitrogens is 1. The molecule has 2 unspecified atom stereocenters. The zero-order valence-corrected chi connectivity index (χ0v) is 17.7. The van der Waals surface area contributed by atoms with Gasteiger partial charge in [0.2, 0.25) is 0 Å². The number of carbonyl (C=O) groups excluding carboxylic acids is 2. The van der Waals surface area contributed by atoms with Crippen molar-refractivity contribution in [2.75, 3.05) is 11.1 Å². The molecule has 33 heavy (non-hydrogen) atoms. The largest absolute Gasteiger partial charge is 0.381 e. The topological polar surface area (TPSA) is 133 Å². The van der Waals surface area contributed by atoms with Crippen molar-refractivity contribution in [2.24, 2.45) is 0 Å². The summed E-state index contributed by atoms with van der Waals surface area (Å²) >= 11 is 0. The lowest BCUT2D eigenvalue weighted by molar-refractivity contribution is -0.125. The fourth-order valence-corrected chi connectivity index (χ4v) is 3.44. The smallest absolute Gasteiger partial charge is 0.255 e. The first-order valence-electron chi connectivity index (χ1n) is 10.2. The molecule has 1 aromatic heterocycles. The van der Waals surface area contributed by atoms with Crippen LogP contribution in [0.15, 0.2) is 66.7 Å². The molecule has 0 bridgehead atoms. The van der Waals surface area contributed by atoms with Crippen LogP contribution < -0.4 is 16.4 Å². The number of nitrogen functional groups attached to an aromatic ring is 1. The molecular weight excluding hydrogens is 425 g/mol. The molecular formula is C24H22FN5O3. The number of aromatic amines is 1. The molecule has 4 aromatic rings. The number of aryl methyl sites for hydroxylation is 1. The molecule has 6 N–H and O–H groups in total. The van der Waals surface area contributed by atoms with Crippen LogP contribution in [0.1, 0.15) is 27.5 Å². The van der Waals surface area contributed by atoms with Crippen LogP contribution in [0.3, 0.4) is 0 Å². The van der Waals surface area contributed by atoms with E-state index in [0.717, 1.165) is 6.07 Å². The van der Waals surface area contributed by atoms with E-state index in [1.54, 1.807) is 55.5 Å². The predicted molar refractivity (Wildman–Crippen MR) is 123 cm³/mol. The quantitative estimate of drug-likeness (QED) is 0.310. The van der Waals surface area contributed by atoms with E-state index in [4.69, 9.17) is 5.73 Å².